The molecular formula is C13H15F7N2OS. The lowest BCUT2D eigenvalue weighted by molar-refractivity contribution is -0.343. The summed E-state index contributed by atoms with van der Waals surface area (Å²) in [5.41, 5.74) is 0.0758. The SMILES string of the molecule is Cc1c(C(C)(C)C)sc(=NC(=O)C(F)(F)C(F)(F)C(F)(F)F)n1C. The van der Waals surface area contributed by atoms with Gasteiger partial charge in [-0.2, -0.15) is 35.7 Å². The average molecular weight is 380 g/mol. The van der Waals surface area contributed by atoms with Crippen LogP contribution in [0.1, 0.15) is 31.3 Å². The normalized spacial score (nSPS) is 15.1. The summed E-state index contributed by atoms with van der Waals surface area (Å²) in [6.07, 6.45) is -6.58. The van der Waals surface area contributed by atoms with E-state index in [1.54, 1.807) is 27.7 Å². The first-order valence-corrected chi connectivity index (χ1v) is 7.34. The monoisotopic (exact) mass is 380 g/mol. The summed E-state index contributed by atoms with van der Waals surface area (Å²) < 4.78 is 89.9. The lowest BCUT2D eigenvalue weighted by atomic mass is 9.93. The van der Waals surface area contributed by atoms with Crippen LogP contribution in [0.3, 0.4) is 0 Å². The van der Waals surface area contributed by atoms with Crippen molar-refractivity contribution in [3.05, 3.63) is 15.4 Å². The molecule has 0 unspecified atom stereocenters. The zero-order valence-electron chi connectivity index (χ0n) is 13.4. The predicted octanol–water partition coefficient (Wildman–Crippen LogP) is 3.95. The summed E-state index contributed by atoms with van der Waals surface area (Å²) in [6, 6.07) is 0. The van der Waals surface area contributed by atoms with Gasteiger partial charge in [-0.1, -0.05) is 20.8 Å². The maximum Gasteiger partial charge on any atom is 0.460 e. The van der Waals surface area contributed by atoms with Gasteiger partial charge in [0.15, 0.2) is 4.80 Å². The van der Waals surface area contributed by atoms with Crippen LogP contribution in [0.5, 0.6) is 0 Å². The van der Waals surface area contributed by atoms with Gasteiger partial charge in [0, 0.05) is 17.6 Å². The van der Waals surface area contributed by atoms with E-state index in [0.717, 1.165) is 11.3 Å². The van der Waals surface area contributed by atoms with Gasteiger partial charge in [0.25, 0.3) is 0 Å². The van der Waals surface area contributed by atoms with Gasteiger partial charge in [-0.05, 0) is 12.3 Å². The maximum atomic E-state index is 13.3. The van der Waals surface area contributed by atoms with Crippen LogP contribution in [0.4, 0.5) is 30.7 Å². The molecule has 1 rings (SSSR count). The third-order valence-corrected chi connectivity index (χ3v) is 4.87. The Morgan fingerprint density at radius 1 is 1.04 bits per heavy atom. The second-order valence-electron chi connectivity index (χ2n) is 6.17. The number of nitrogens with zero attached hydrogens (tertiary/aromatic N) is 2. The number of rotatable bonds is 2. The Morgan fingerprint density at radius 2 is 1.50 bits per heavy atom. The molecule has 138 valence electrons. The van der Waals surface area contributed by atoms with Crippen LogP contribution in [0, 0.1) is 6.92 Å². The Morgan fingerprint density at radius 3 is 1.83 bits per heavy atom. The van der Waals surface area contributed by atoms with Crippen LogP contribution in [0.15, 0.2) is 4.99 Å². The Hall–Kier alpha value is -1.39. The quantitative estimate of drug-likeness (QED) is 0.716. The van der Waals surface area contributed by atoms with E-state index in [4.69, 9.17) is 0 Å². The zero-order valence-corrected chi connectivity index (χ0v) is 14.2. The minimum atomic E-state index is -6.58. The molecule has 0 bridgehead atoms. The van der Waals surface area contributed by atoms with Crippen LogP contribution < -0.4 is 4.80 Å². The van der Waals surface area contributed by atoms with Crippen molar-refractivity contribution in [2.24, 2.45) is 12.0 Å². The molecule has 0 atom stereocenters. The second-order valence-corrected chi connectivity index (χ2v) is 7.15. The number of thiazole rings is 1. The first-order chi connectivity index (χ1) is 10.4. The fraction of sp³-hybridized carbons (Fsp3) is 0.692. The van der Waals surface area contributed by atoms with Gasteiger partial charge in [-0.25, -0.2) is 0 Å². The van der Waals surface area contributed by atoms with E-state index < -0.39 is 29.3 Å². The molecule has 0 saturated carbocycles. The van der Waals surface area contributed by atoms with Gasteiger partial charge in [-0.15, -0.1) is 11.3 Å². The molecule has 0 radical (unpaired) electrons. The van der Waals surface area contributed by atoms with Crippen LogP contribution in [-0.2, 0) is 17.3 Å². The molecule has 0 aliphatic heterocycles. The summed E-state index contributed by atoms with van der Waals surface area (Å²) in [4.78, 5) is 14.4. The summed E-state index contributed by atoms with van der Waals surface area (Å²) in [6.45, 7) is 6.93. The van der Waals surface area contributed by atoms with Crippen LogP contribution in [0.25, 0.3) is 0 Å². The molecule has 24 heavy (non-hydrogen) atoms. The van der Waals surface area contributed by atoms with Gasteiger partial charge in [0.05, 0.1) is 0 Å². The summed E-state index contributed by atoms with van der Waals surface area (Å²) in [5.74, 6) is -15.4. The Balaban J connectivity index is 3.45. The molecule has 0 aromatic carbocycles. The van der Waals surface area contributed by atoms with Crippen LogP contribution >= 0.6 is 11.3 Å². The molecule has 0 saturated heterocycles. The molecule has 11 heteroatoms. The van der Waals surface area contributed by atoms with E-state index in [-0.39, 0.29) is 4.80 Å². The van der Waals surface area contributed by atoms with Crippen LogP contribution in [0.2, 0.25) is 0 Å². The van der Waals surface area contributed by atoms with Crippen molar-refractivity contribution in [3.63, 3.8) is 0 Å². The van der Waals surface area contributed by atoms with Crippen molar-refractivity contribution in [1.29, 1.82) is 0 Å². The van der Waals surface area contributed by atoms with E-state index in [2.05, 4.69) is 4.99 Å². The Kier molecular flexibility index (Phi) is 5.03. The van der Waals surface area contributed by atoms with Gasteiger partial charge < -0.3 is 4.57 Å². The molecule has 1 amide bonds. The van der Waals surface area contributed by atoms with Gasteiger partial charge >= 0.3 is 23.9 Å². The lowest BCUT2D eigenvalue weighted by Gasteiger charge is -2.25. The number of carbonyl (C=O) groups excluding carboxylic acids is 1. The first kappa shape index (κ1) is 20.7. The highest BCUT2D eigenvalue weighted by Gasteiger charge is 2.76. The largest absolute Gasteiger partial charge is 0.460 e. The molecule has 0 spiro atoms. The van der Waals surface area contributed by atoms with E-state index in [1.165, 1.54) is 11.6 Å². The molecule has 0 aliphatic rings. The Bertz CT molecular complexity index is 707. The van der Waals surface area contributed by atoms with Crippen molar-refractivity contribution >= 4 is 17.2 Å². The Labute approximate surface area is 136 Å². The third kappa shape index (κ3) is 3.35. The molecular weight excluding hydrogens is 365 g/mol. The van der Waals surface area contributed by atoms with Gasteiger partial charge in [-0.3, -0.25) is 4.79 Å². The fourth-order valence-electron chi connectivity index (χ4n) is 1.79. The van der Waals surface area contributed by atoms with Crippen molar-refractivity contribution in [3.8, 4) is 0 Å². The van der Waals surface area contributed by atoms with Crippen molar-refractivity contribution in [2.75, 3.05) is 0 Å². The molecule has 3 nitrogen and oxygen atoms in total. The van der Waals surface area contributed by atoms with Crippen molar-refractivity contribution < 1.29 is 35.5 Å². The first-order valence-electron chi connectivity index (χ1n) is 6.53. The smallest absolute Gasteiger partial charge is 0.324 e. The molecule has 0 fully saturated rings. The highest BCUT2D eigenvalue weighted by molar-refractivity contribution is 7.09. The number of carbonyl (C=O) groups is 1. The number of amides is 1. The minimum Gasteiger partial charge on any atom is -0.324 e. The lowest BCUT2D eigenvalue weighted by Crippen LogP contribution is -2.56. The molecule has 1 aromatic heterocycles. The molecule has 0 aliphatic carbocycles. The summed E-state index contributed by atoms with van der Waals surface area (Å²) >= 11 is 0.772. The highest BCUT2D eigenvalue weighted by atomic mass is 32.1. The number of aromatic nitrogens is 1. The van der Waals surface area contributed by atoms with E-state index in [0.29, 0.717) is 10.6 Å². The molecule has 0 N–H and O–H groups in total. The van der Waals surface area contributed by atoms with E-state index in [1.807, 2.05) is 0 Å². The number of hydrogen-bond acceptors (Lipinski definition) is 2. The average Bonchev–Trinajstić information content (AvgIpc) is 2.65. The third-order valence-electron chi connectivity index (χ3n) is 3.21. The molecule has 1 aromatic rings. The maximum absolute atomic E-state index is 13.3. The predicted molar refractivity (Wildman–Crippen MR) is 73.2 cm³/mol. The molecule has 1 heterocycles. The standard InChI is InChI=1S/C13H15F7N2OS/c1-6-7(10(2,3)4)24-9(22(6)5)21-8(23)11(14,15)12(16,17)13(18,19)20/h1-5H3. The summed E-state index contributed by atoms with van der Waals surface area (Å²) in [7, 11) is 1.34. The second kappa shape index (κ2) is 5.85. The van der Waals surface area contributed by atoms with Crippen LogP contribution in [-0.4, -0.2) is 28.5 Å². The zero-order chi connectivity index (χ0) is 19.3. The van der Waals surface area contributed by atoms with Crippen molar-refractivity contribution in [2.45, 2.75) is 51.1 Å². The number of hydrogen-bond donors (Lipinski definition) is 0. The van der Waals surface area contributed by atoms with E-state index in [9.17, 15) is 35.5 Å². The number of alkyl halides is 7. The van der Waals surface area contributed by atoms with Crippen molar-refractivity contribution in [1.82, 2.24) is 4.57 Å². The van der Waals surface area contributed by atoms with Gasteiger partial charge in [0.1, 0.15) is 0 Å². The number of halogens is 7. The fourth-order valence-corrected chi connectivity index (χ4v) is 2.97. The topological polar surface area (TPSA) is 34.4 Å². The van der Waals surface area contributed by atoms with E-state index >= 15 is 0 Å². The van der Waals surface area contributed by atoms with Gasteiger partial charge in [0.2, 0.25) is 0 Å². The minimum absolute atomic E-state index is 0.389. The highest BCUT2D eigenvalue weighted by Crippen LogP contribution is 2.47. The summed E-state index contributed by atoms with van der Waals surface area (Å²) in [5, 5.41) is 0.